The summed E-state index contributed by atoms with van der Waals surface area (Å²) < 4.78 is 36.9. The van der Waals surface area contributed by atoms with Gasteiger partial charge in [0.25, 0.3) is 5.56 Å². The third-order valence-corrected chi connectivity index (χ3v) is 7.49. The highest BCUT2D eigenvalue weighted by molar-refractivity contribution is 7.52. The Balaban J connectivity index is 1.89. The van der Waals surface area contributed by atoms with Crippen LogP contribution in [0.4, 0.5) is 0 Å². The number of carbonyl (C=O) groups is 1. The number of benzene rings is 1. The third kappa shape index (κ3) is 6.95. The van der Waals surface area contributed by atoms with Crippen LogP contribution in [0.15, 0.2) is 51.2 Å². The zero-order valence-electron chi connectivity index (χ0n) is 22.0. The minimum Gasteiger partial charge on any atom is -0.462 e. The normalized spacial score (nSPS) is 24.9. The highest BCUT2D eigenvalue weighted by Gasteiger charge is 2.55. The summed E-state index contributed by atoms with van der Waals surface area (Å²) in [7, 11) is -4.31. The zero-order valence-corrected chi connectivity index (χ0v) is 22.9. The predicted octanol–water partition coefficient (Wildman–Crippen LogP) is 2.31. The highest BCUT2D eigenvalue weighted by atomic mass is 31.2. The molecule has 3 N–H and O–H groups in total. The zero-order chi connectivity index (χ0) is 29.0. The lowest BCUT2D eigenvalue weighted by Gasteiger charge is -2.28. The summed E-state index contributed by atoms with van der Waals surface area (Å²) in [6.45, 7) is 6.97. The van der Waals surface area contributed by atoms with Gasteiger partial charge >= 0.3 is 19.4 Å². The molecule has 2 heterocycles. The van der Waals surface area contributed by atoms with Crippen LogP contribution in [0.1, 0.15) is 39.5 Å². The summed E-state index contributed by atoms with van der Waals surface area (Å²) in [6, 6.07) is 6.93. The number of nitrogens with one attached hydrogen (secondary N) is 2. The Morgan fingerprint density at radius 1 is 1.33 bits per heavy atom. The van der Waals surface area contributed by atoms with E-state index in [9.17, 15) is 24.1 Å². The van der Waals surface area contributed by atoms with Crippen LogP contribution in [-0.4, -0.2) is 57.1 Å². The Labute approximate surface area is 223 Å². The van der Waals surface area contributed by atoms with Gasteiger partial charge in [-0.15, -0.1) is 0 Å². The van der Waals surface area contributed by atoms with Gasteiger partial charge in [0, 0.05) is 16.7 Å². The maximum absolute atomic E-state index is 13.7. The van der Waals surface area contributed by atoms with E-state index in [2.05, 4.69) is 20.1 Å². The molecule has 3 rings (SSSR count). The summed E-state index contributed by atoms with van der Waals surface area (Å²) in [5, 5.41) is 17.2. The van der Waals surface area contributed by atoms with Crippen LogP contribution in [-0.2, 0) is 23.4 Å². The van der Waals surface area contributed by atoms with E-state index in [-0.39, 0.29) is 11.3 Å². The lowest BCUT2D eigenvalue weighted by molar-refractivity contribution is -0.149. The number of nitrogens with zero attached hydrogens (tertiary/aromatic N) is 4. The van der Waals surface area contributed by atoms with E-state index < -0.39 is 67.7 Å². The summed E-state index contributed by atoms with van der Waals surface area (Å²) >= 11 is 0. The Morgan fingerprint density at radius 3 is 2.62 bits per heavy atom. The molecule has 0 bridgehead atoms. The molecule has 0 radical (unpaired) electrons. The monoisotopic (exact) mass is 566 g/mol. The summed E-state index contributed by atoms with van der Waals surface area (Å²) in [4.78, 5) is 41.6. The van der Waals surface area contributed by atoms with Crippen molar-refractivity contribution in [3.8, 4) is 5.75 Å². The fraction of sp³-hybridized carbons (Fsp3) is 0.522. The molecule has 6 atom stereocenters. The van der Waals surface area contributed by atoms with Crippen LogP contribution < -0.4 is 20.9 Å². The minimum absolute atomic E-state index is 0.165. The number of H-pyrrole nitrogens is 1. The van der Waals surface area contributed by atoms with Gasteiger partial charge in [-0.1, -0.05) is 23.3 Å². The molecular formula is C23H31N6O9P. The number of rotatable bonds is 11. The number of esters is 1. The first kappa shape index (κ1) is 30.1. The number of ether oxygens (including phenoxy) is 2. The maximum Gasteiger partial charge on any atom is 0.459 e. The molecule has 0 amide bonds. The summed E-state index contributed by atoms with van der Waals surface area (Å²) in [5.74, 6) is -0.538. The van der Waals surface area contributed by atoms with Crippen molar-refractivity contribution >= 4 is 13.7 Å². The van der Waals surface area contributed by atoms with Crippen LogP contribution in [0, 0.1) is 6.92 Å². The van der Waals surface area contributed by atoms with Crippen molar-refractivity contribution in [2.24, 2.45) is 5.11 Å². The Hall–Kier alpha value is -3.45. The lowest BCUT2D eigenvalue weighted by Crippen LogP contribution is -2.45. The van der Waals surface area contributed by atoms with Gasteiger partial charge in [-0.25, -0.2) is 9.36 Å². The number of aliphatic hydroxyl groups is 1. The molecule has 0 aliphatic carbocycles. The van der Waals surface area contributed by atoms with Crippen LogP contribution >= 0.6 is 7.75 Å². The van der Waals surface area contributed by atoms with Crippen LogP contribution in [0.5, 0.6) is 5.75 Å². The topological polar surface area (TPSA) is 207 Å². The SMILES string of the molecule is Cc1cn([C@@H]2O[C@H](COP(=O)(N[C@H](C)C(=O)OC(C)C)Oc3ccccc3)[C@@H](O)[C@@]2(C)N=[N+]=[N-])c(=O)[nH]c1=O. The molecule has 16 heteroatoms. The Bertz CT molecular complexity index is 1390. The quantitative estimate of drug-likeness (QED) is 0.119. The number of hydrogen-bond donors (Lipinski definition) is 3. The molecule has 1 aromatic carbocycles. The molecule has 39 heavy (non-hydrogen) atoms. The first-order chi connectivity index (χ1) is 18.3. The first-order valence-corrected chi connectivity index (χ1v) is 13.5. The molecular weight excluding hydrogens is 535 g/mol. The fourth-order valence-electron chi connectivity index (χ4n) is 3.85. The van der Waals surface area contributed by atoms with Crippen LogP contribution in [0.3, 0.4) is 0 Å². The van der Waals surface area contributed by atoms with E-state index in [1.165, 1.54) is 39.1 Å². The van der Waals surface area contributed by atoms with E-state index >= 15 is 0 Å². The van der Waals surface area contributed by atoms with E-state index in [1.807, 2.05) is 0 Å². The number of para-hydroxylation sites is 1. The molecule has 212 valence electrons. The average Bonchev–Trinajstić information content (AvgIpc) is 3.10. The van der Waals surface area contributed by atoms with Crippen LogP contribution in [0.2, 0.25) is 0 Å². The number of aromatic nitrogens is 2. The molecule has 1 saturated heterocycles. The van der Waals surface area contributed by atoms with Crippen molar-refractivity contribution in [3.63, 3.8) is 0 Å². The van der Waals surface area contributed by atoms with Gasteiger partial charge < -0.3 is 19.1 Å². The standard InChI is InChI=1S/C23H31N6O9P/c1-13(2)36-20(32)15(4)26-39(34,38-16-9-7-6-8-10-16)35-12-17-18(30)23(5,27-28-24)21(37-17)29-11-14(3)19(31)25-22(29)33/h6-11,13,15,17-18,21,30H,12H2,1-5H3,(H,26,34)(H,25,31,33)/t15-,17-,18-,21-,23-,39?/m1/s1. The Kier molecular flexibility index (Phi) is 9.38. The second kappa shape index (κ2) is 12.2. The van der Waals surface area contributed by atoms with Crippen molar-refractivity contribution in [2.45, 2.75) is 70.7 Å². The number of carbonyl (C=O) groups excluding carboxylic acids is 1. The first-order valence-electron chi connectivity index (χ1n) is 12.0. The van der Waals surface area contributed by atoms with Gasteiger partial charge in [0.2, 0.25) is 0 Å². The molecule has 1 fully saturated rings. The van der Waals surface area contributed by atoms with Gasteiger partial charge in [-0.05, 0) is 52.3 Å². The van der Waals surface area contributed by atoms with Gasteiger partial charge in [0.05, 0.1) is 18.8 Å². The maximum atomic E-state index is 13.7. The van der Waals surface area contributed by atoms with E-state index in [1.54, 1.807) is 32.0 Å². The number of hydrogen-bond acceptors (Lipinski definition) is 10. The number of aromatic amines is 1. The van der Waals surface area contributed by atoms with Crippen molar-refractivity contribution in [2.75, 3.05) is 6.61 Å². The van der Waals surface area contributed by atoms with E-state index in [4.69, 9.17) is 24.1 Å². The van der Waals surface area contributed by atoms with E-state index in [0.29, 0.717) is 0 Å². The van der Waals surface area contributed by atoms with Gasteiger partial charge in [-0.3, -0.25) is 23.7 Å². The lowest BCUT2D eigenvalue weighted by atomic mass is 9.93. The van der Waals surface area contributed by atoms with Gasteiger partial charge in [0.15, 0.2) is 6.23 Å². The molecule has 1 aromatic heterocycles. The number of azide groups is 1. The molecule has 1 aliphatic heterocycles. The second-order valence-electron chi connectivity index (χ2n) is 9.40. The predicted molar refractivity (Wildman–Crippen MR) is 138 cm³/mol. The van der Waals surface area contributed by atoms with Crippen molar-refractivity contribution < 1.29 is 33.0 Å². The van der Waals surface area contributed by atoms with E-state index in [0.717, 1.165) is 4.57 Å². The fourth-order valence-corrected chi connectivity index (χ4v) is 5.35. The smallest absolute Gasteiger partial charge is 0.459 e. The average molecular weight is 567 g/mol. The molecule has 1 unspecified atom stereocenters. The highest BCUT2D eigenvalue weighted by Crippen LogP contribution is 2.47. The van der Waals surface area contributed by atoms with Crippen molar-refractivity contribution in [1.29, 1.82) is 0 Å². The van der Waals surface area contributed by atoms with Gasteiger partial charge in [-0.2, -0.15) is 5.09 Å². The van der Waals surface area contributed by atoms with Gasteiger partial charge in [0.1, 0.15) is 23.4 Å². The van der Waals surface area contributed by atoms with Crippen molar-refractivity contribution in [1.82, 2.24) is 14.6 Å². The largest absolute Gasteiger partial charge is 0.462 e. The Morgan fingerprint density at radius 2 is 2.00 bits per heavy atom. The van der Waals surface area contributed by atoms with Crippen LogP contribution in [0.25, 0.3) is 10.4 Å². The summed E-state index contributed by atoms with van der Waals surface area (Å²) in [6.07, 6.45) is -3.40. The molecule has 0 spiro atoms. The molecule has 2 aromatic rings. The molecule has 0 saturated carbocycles. The summed E-state index contributed by atoms with van der Waals surface area (Å²) in [5.41, 5.74) is 6.12. The molecule has 15 nitrogen and oxygen atoms in total. The third-order valence-electron chi connectivity index (χ3n) is 5.85. The molecule has 1 aliphatic rings. The minimum atomic E-state index is -4.31. The second-order valence-corrected chi connectivity index (χ2v) is 11.1. The number of aliphatic hydroxyl groups excluding tert-OH is 1. The number of aryl methyl sites for hydroxylation is 1. The van der Waals surface area contributed by atoms with Crippen molar-refractivity contribution in [3.05, 3.63) is 73.4 Å².